The quantitative estimate of drug-likeness (QED) is 0.629. The second-order valence-electron chi connectivity index (χ2n) is 5.06. The summed E-state index contributed by atoms with van der Waals surface area (Å²) in [5.41, 5.74) is 0.775. The maximum Gasteiger partial charge on any atom is 0.216 e. The second-order valence-corrected chi connectivity index (χ2v) is 5.86. The van der Waals surface area contributed by atoms with Crippen molar-refractivity contribution in [3.05, 3.63) is 33.3 Å². The Labute approximate surface area is 145 Å². The third-order valence-electron chi connectivity index (χ3n) is 2.82. The van der Waals surface area contributed by atoms with Crippen LogP contribution in [-0.4, -0.2) is 33.8 Å². The summed E-state index contributed by atoms with van der Waals surface area (Å²) in [6.45, 7) is 8.09. The monoisotopic (exact) mass is 354 g/mol. The van der Waals surface area contributed by atoms with Crippen LogP contribution in [0.25, 0.3) is 0 Å². The third-order valence-corrected chi connectivity index (χ3v) is 3.36. The van der Waals surface area contributed by atoms with Crippen molar-refractivity contribution in [2.45, 2.75) is 33.8 Å². The summed E-state index contributed by atoms with van der Waals surface area (Å²) < 4.78 is 13.3. The van der Waals surface area contributed by atoms with Crippen LogP contribution in [0.2, 0.25) is 5.02 Å². The van der Waals surface area contributed by atoms with Gasteiger partial charge in [0.2, 0.25) is 4.77 Å². The fourth-order valence-electron chi connectivity index (χ4n) is 1.91. The van der Waals surface area contributed by atoms with Gasteiger partial charge in [0.15, 0.2) is 11.5 Å². The molecule has 0 atom stereocenters. The number of hydrogen-bond donors (Lipinski definition) is 1. The molecule has 0 saturated heterocycles. The van der Waals surface area contributed by atoms with Crippen LogP contribution in [0.3, 0.4) is 0 Å². The molecule has 23 heavy (non-hydrogen) atoms. The number of hydrogen-bond acceptors (Lipinski definition) is 5. The number of benzene rings is 1. The molecule has 0 spiro atoms. The Kier molecular flexibility index (Phi) is 5.79. The number of nitrogens with one attached hydrogen (secondary N) is 1. The lowest BCUT2D eigenvalue weighted by Gasteiger charge is -2.16. The predicted octanol–water partition coefficient (Wildman–Crippen LogP) is 3.97. The molecule has 0 aliphatic rings. The lowest BCUT2D eigenvalue weighted by atomic mass is 10.2. The highest BCUT2D eigenvalue weighted by atomic mass is 35.5. The summed E-state index contributed by atoms with van der Waals surface area (Å²) in [5, 5.41) is 11.5. The van der Waals surface area contributed by atoms with E-state index < -0.39 is 0 Å². The van der Waals surface area contributed by atoms with Crippen molar-refractivity contribution in [1.82, 2.24) is 14.9 Å². The van der Waals surface area contributed by atoms with E-state index in [0.29, 0.717) is 33.7 Å². The summed E-state index contributed by atoms with van der Waals surface area (Å²) in [7, 11) is 0. The van der Waals surface area contributed by atoms with Gasteiger partial charge in [-0.25, -0.2) is 0 Å². The standard InChI is InChI=1S/C15H19ClN4O2S/c1-5-21-13-7-11(6-12(16)14(13)22-9(2)3)8-17-20-10(4)18-19-15(20)23/h6-9H,5H2,1-4H3,(H,19,23)/b17-8-. The van der Waals surface area contributed by atoms with Crippen LogP contribution in [0.5, 0.6) is 11.5 Å². The lowest BCUT2D eigenvalue weighted by molar-refractivity contribution is 0.224. The van der Waals surface area contributed by atoms with Crippen LogP contribution in [-0.2, 0) is 0 Å². The molecule has 0 fully saturated rings. The van der Waals surface area contributed by atoms with Crippen LogP contribution < -0.4 is 9.47 Å². The topological polar surface area (TPSA) is 64.4 Å². The van der Waals surface area contributed by atoms with Crippen molar-refractivity contribution in [3.63, 3.8) is 0 Å². The highest BCUT2D eigenvalue weighted by Crippen LogP contribution is 2.37. The molecule has 0 saturated carbocycles. The van der Waals surface area contributed by atoms with Gasteiger partial charge in [0.05, 0.1) is 23.9 Å². The van der Waals surface area contributed by atoms with Crippen molar-refractivity contribution in [1.29, 1.82) is 0 Å². The first kappa shape index (κ1) is 17.5. The lowest BCUT2D eigenvalue weighted by Crippen LogP contribution is -2.08. The number of aryl methyl sites for hydroxylation is 1. The highest BCUT2D eigenvalue weighted by Gasteiger charge is 2.13. The molecule has 8 heteroatoms. The van der Waals surface area contributed by atoms with Crippen molar-refractivity contribution in [3.8, 4) is 11.5 Å². The van der Waals surface area contributed by atoms with Crippen molar-refractivity contribution < 1.29 is 9.47 Å². The van der Waals surface area contributed by atoms with Gasteiger partial charge in [0.25, 0.3) is 0 Å². The molecule has 1 heterocycles. The zero-order chi connectivity index (χ0) is 17.0. The summed E-state index contributed by atoms with van der Waals surface area (Å²) in [6.07, 6.45) is 1.64. The minimum atomic E-state index is -0.00173. The largest absolute Gasteiger partial charge is 0.490 e. The van der Waals surface area contributed by atoms with Gasteiger partial charge in [-0.3, -0.25) is 5.10 Å². The van der Waals surface area contributed by atoms with Crippen LogP contribution in [0.4, 0.5) is 0 Å². The molecule has 1 N–H and O–H groups in total. The number of H-pyrrole nitrogens is 1. The molecular weight excluding hydrogens is 336 g/mol. The van der Waals surface area contributed by atoms with Crippen LogP contribution in [0, 0.1) is 11.7 Å². The maximum atomic E-state index is 6.32. The Morgan fingerprint density at radius 1 is 1.48 bits per heavy atom. The molecule has 0 radical (unpaired) electrons. The molecule has 0 aliphatic heterocycles. The zero-order valence-electron chi connectivity index (χ0n) is 13.5. The Bertz CT molecular complexity index is 767. The maximum absolute atomic E-state index is 6.32. The molecule has 2 aromatic rings. The van der Waals surface area contributed by atoms with Gasteiger partial charge in [0, 0.05) is 0 Å². The molecule has 2 rings (SSSR count). The normalized spacial score (nSPS) is 11.4. The van der Waals surface area contributed by atoms with E-state index >= 15 is 0 Å². The van der Waals surface area contributed by atoms with E-state index in [-0.39, 0.29) is 6.10 Å². The first-order valence-electron chi connectivity index (χ1n) is 7.23. The highest BCUT2D eigenvalue weighted by molar-refractivity contribution is 7.71. The molecule has 0 unspecified atom stereocenters. The minimum absolute atomic E-state index is 0.00173. The van der Waals surface area contributed by atoms with Gasteiger partial charge in [-0.15, -0.1) is 0 Å². The van der Waals surface area contributed by atoms with Gasteiger partial charge in [-0.2, -0.15) is 14.9 Å². The van der Waals surface area contributed by atoms with E-state index in [2.05, 4.69) is 15.3 Å². The average Bonchev–Trinajstić information content (AvgIpc) is 2.79. The van der Waals surface area contributed by atoms with Crippen LogP contribution >= 0.6 is 23.8 Å². The summed E-state index contributed by atoms with van der Waals surface area (Å²) in [6, 6.07) is 3.60. The average molecular weight is 355 g/mol. The third kappa shape index (κ3) is 4.33. The number of aromatic amines is 1. The van der Waals surface area contributed by atoms with Crippen molar-refractivity contribution in [2.24, 2.45) is 5.10 Å². The fourth-order valence-corrected chi connectivity index (χ4v) is 2.39. The van der Waals surface area contributed by atoms with Gasteiger partial charge < -0.3 is 9.47 Å². The predicted molar refractivity (Wildman–Crippen MR) is 93.5 cm³/mol. The Hall–Kier alpha value is -1.86. The first-order chi connectivity index (χ1) is 10.9. The SMILES string of the molecule is CCOc1cc(/C=N\n2c(C)n[nH]c2=S)cc(Cl)c1OC(C)C. The zero-order valence-corrected chi connectivity index (χ0v) is 15.0. The number of halogens is 1. The molecule has 0 amide bonds. The van der Waals surface area contributed by atoms with E-state index in [1.807, 2.05) is 33.8 Å². The Morgan fingerprint density at radius 3 is 2.78 bits per heavy atom. The molecule has 0 aliphatic carbocycles. The van der Waals surface area contributed by atoms with E-state index in [1.54, 1.807) is 12.3 Å². The Balaban J connectivity index is 2.38. The van der Waals surface area contributed by atoms with Gasteiger partial charge in [-0.1, -0.05) is 11.6 Å². The van der Waals surface area contributed by atoms with Crippen LogP contribution in [0.15, 0.2) is 17.2 Å². The number of rotatable bonds is 6. The molecule has 0 bridgehead atoms. The van der Waals surface area contributed by atoms with E-state index in [1.165, 1.54) is 4.68 Å². The first-order valence-corrected chi connectivity index (χ1v) is 8.02. The molecule has 1 aromatic heterocycles. The van der Waals surface area contributed by atoms with Crippen LogP contribution in [0.1, 0.15) is 32.2 Å². The van der Waals surface area contributed by atoms with Gasteiger partial charge in [-0.05, 0) is 57.6 Å². The smallest absolute Gasteiger partial charge is 0.216 e. The van der Waals surface area contributed by atoms with Gasteiger partial charge >= 0.3 is 0 Å². The molecule has 124 valence electrons. The second kappa shape index (κ2) is 7.61. The van der Waals surface area contributed by atoms with E-state index in [0.717, 1.165) is 5.56 Å². The summed E-state index contributed by atoms with van der Waals surface area (Å²) in [5.74, 6) is 1.79. The van der Waals surface area contributed by atoms with Gasteiger partial charge in [0.1, 0.15) is 5.82 Å². The van der Waals surface area contributed by atoms with Crippen molar-refractivity contribution in [2.75, 3.05) is 6.61 Å². The Morgan fingerprint density at radius 2 is 2.22 bits per heavy atom. The molecular formula is C15H19ClN4O2S. The number of nitrogens with zero attached hydrogens (tertiary/aromatic N) is 3. The van der Waals surface area contributed by atoms with E-state index in [9.17, 15) is 0 Å². The molecule has 1 aromatic carbocycles. The fraction of sp³-hybridized carbons (Fsp3) is 0.400. The summed E-state index contributed by atoms with van der Waals surface area (Å²) in [4.78, 5) is 0. The molecule has 6 nitrogen and oxygen atoms in total. The number of aromatic nitrogens is 3. The number of ether oxygens (including phenoxy) is 2. The van der Waals surface area contributed by atoms with E-state index in [4.69, 9.17) is 33.3 Å². The summed E-state index contributed by atoms with van der Waals surface area (Å²) >= 11 is 11.4. The van der Waals surface area contributed by atoms with Crippen molar-refractivity contribution >= 4 is 30.0 Å². The minimum Gasteiger partial charge on any atom is -0.490 e.